The highest BCUT2D eigenvalue weighted by Gasteiger charge is 2.07. The van der Waals surface area contributed by atoms with Gasteiger partial charge in [0.05, 0.1) is 5.52 Å². The number of H-pyrrole nitrogens is 1. The zero-order valence-electron chi connectivity index (χ0n) is 8.76. The van der Waals surface area contributed by atoms with Gasteiger partial charge in [-0.25, -0.2) is 4.98 Å². The Kier molecular flexibility index (Phi) is 2.15. The van der Waals surface area contributed by atoms with Gasteiger partial charge < -0.3 is 10.3 Å². The fraction of sp³-hybridized carbons (Fsp3) is 0.364. The minimum Gasteiger partial charge on any atom is -0.371 e. The summed E-state index contributed by atoms with van der Waals surface area (Å²) in [5.41, 5.74) is 2.21. The third-order valence-electron chi connectivity index (χ3n) is 2.39. The number of fused-ring (bicyclic) bond motifs is 1. The first-order valence-electron chi connectivity index (χ1n) is 4.88. The maximum absolute atomic E-state index is 4.55. The lowest BCUT2D eigenvalue weighted by Gasteiger charge is -2.08. The van der Waals surface area contributed by atoms with Crippen LogP contribution in [0.2, 0.25) is 0 Å². The normalized spacial score (nSPS) is 11.1. The van der Waals surface area contributed by atoms with E-state index < -0.39 is 0 Å². The molecule has 0 fully saturated rings. The summed E-state index contributed by atoms with van der Waals surface area (Å²) in [4.78, 5) is 7.73. The zero-order chi connectivity index (χ0) is 10.1. The largest absolute Gasteiger partial charge is 0.371 e. The summed E-state index contributed by atoms with van der Waals surface area (Å²) in [7, 11) is 1.90. The van der Waals surface area contributed by atoms with Gasteiger partial charge in [-0.3, -0.25) is 0 Å². The van der Waals surface area contributed by atoms with Crippen LogP contribution in [-0.4, -0.2) is 17.0 Å². The molecule has 0 atom stereocenters. The smallest absolute Gasteiger partial charge is 0.150 e. The molecule has 0 aliphatic carbocycles. The van der Waals surface area contributed by atoms with Crippen molar-refractivity contribution in [2.24, 2.45) is 0 Å². The Labute approximate surface area is 83.6 Å². The number of hydrogen-bond donors (Lipinski definition) is 2. The Morgan fingerprint density at radius 2 is 2.21 bits per heavy atom. The number of pyridine rings is 1. The molecule has 0 saturated carbocycles. The topological polar surface area (TPSA) is 40.7 Å². The molecule has 0 spiro atoms. The molecule has 14 heavy (non-hydrogen) atoms. The average molecular weight is 189 g/mol. The molecule has 0 aliphatic heterocycles. The van der Waals surface area contributed by atoms with Gasteiger partial charge >= 0.3 is 0 Å². The second kappa shape index (κ2) is 3.33. The van der Waals surface area contributed by atoms with Crippen molar-refractivity contribution in [3.05, 3.63) is 24.0 Å². The van der Waals surface area contributed by atoms with E-state index in [-0.39, 0.29) is 0 Å². The molecule has 0 amide bonds. The van der Waals surface area contributed by atoms with Gasteiger partial charge in [-0.15, -0.1) is 0 Å². The maximum Gasteiger partial charge on any atom is 0.150 e. The Bertz CT molecular complexity index is 443. The predicted molar refractivity (Wildman–Crippen MR) is 59.7 cm³/mol. The van der Waals surface area contributed by atoms with E-state index in [1.807, 2.05) is 13.2 Å². The first kappa shape index (κ1) is 9.06. The van der Waals surface area contributed by atoms with E-state index in [9.17, 15) is 0 Å². The lowest BCUT2D eigenvalue weighted by atomic mass is 10.1. The molecule has 2 aromatic rings. The van der Waals surface area contributed by atoms with Crippen molar-refractivity contribution in [2.45, 2.75) is 19.8 Å². The van der Waals surface area contributed by atoms with Gasteiger partial charge in [-0.2, -0.15) is 0 Å². The summed E-state index contributed by atoms with van der Waals surface area (Å²) in [6.07, 6.45) is 1.94. The summed E-state index contributed by atoms with van der Waals surface area (Å²) in [6.45, 7) is 4.31. The number of nitrogens with zero attached hydrogens (tertiary/aromatic N) is 1. The van der Waals surface area contributed by atoms with Gasteiger partial charge in [0.1, 0.15) is 5.82 Å². The van der Waals surface area contributed by atoms with Gasteiger partial charge in [0, 0.05) is 24.3 Å². The SMILES string of the molecule is CNc1nc(C(C)C)cc2cc[nH]c12. The van der Waals surface area contributed by atoms with Crippen LogP contribution in [0.5, 0.6) is 0 Å². The summed E-state index contributed by atoms with van der Waals surface area (Å²) < 4.78 is 0. The third kappa shape index (κ3) is 1.35. The van der Waals surface area contributed by atoms with E-state index in [0.717, 1.165) is 17.0 Å². The number of anilines is 1. The molecule has 3 heteroatoms. The lowest BCUT2D eigenvalue weighted by Crippen LogP contribution is -1.99. The molecule has 0 bridgehead atoms. The number of hydrogen-bond acceptors (Lipinski definition) is 2. The Morgan fingerprint density at radius 3 is 2.86 bits per heavy atom. The molecule has 2 aromatic heterocycles. The second-order valence-electron chi connectivity index (χ2n) is 3.74. The Hall–Kier alpha value is -1.51. The fourth-order valence-corrected chi connectivity index (χ4v) is 1.56. The van der Waals surface area contributed by atoms with Crippen LogP contribution in [0.25, 0.3) is 10.9 Å². The van der Waals surface area contributed by atoms with Crippen LogP contribution < -0.4 is 5.32 Å². The van der Waals surface area contributed by atoms with Crippen molar-refractivity contribution in [1.29, 1.82) is 0 Å². The maximum atomic E-state index is 4.55. The molecular formula is C11H15N3. The number of aromatic nitrogens is 2. The fourth-order valence-electron chi connectivity index (χ4n) is 1.56. The molecule has 2 heterocycles. The van der Waals surface area contributed by atoms with E-state index >= 15 is 0 Å². The molecule has 3 nitrogen and oxygen atoms in total. The molecule has 0 radical (unpaired) electrons. The van der Waals surface area contributed by atoms with E-state index in [2.05, 4.69) is 41.3 Å². The van der Waals surface area contributed by atoms with E-state index in [0.29, 0.717) is 5.92 Å². The molecule has 0 aromatic carbocycles. The van der Waals surface area contributed by atoms with Crippen LogP contribution in [0.1, 0.15) is 25.5 Å². The number of aromatic amines is 1. The number of rotatable bonds is 2. The molecular weight excluding hydrogens is 174 g/mol. The molecule has 74 valence electrons. The van der Waals surface area contributed by atoms with Crippen molar-refractivity contribution in [3.63, 3.8) is 0 Å². The summed E-state index contributed by atoms with van der Waals surface area (Å²) >= 11 is 0. The Morgan fingerprint density at radius 1 is 1.43 bits per heavy atom. The van der Waals surface area contributed by atoms with Gasteiger partial charge in [-0.1, -0.05) is 13.8 Å². The molecule has 2 rings (SSSR count). The van der Waals surface area contributed by atoms with Crippen LogP contribution >= 0.6 is 0 Å². The van der Waals surface area contributed by atoms with E-state index in [1.165, 1.54) is 5.39 Å². The summed E-state index contributed by atoms with van der Waals surface area (Å²) in [5, 5.41) is 4.32. The Balaban J connectivity index is 2.67. The molecule has 0 unspecified atom stereocenters. The van der Waals surface area contributed by atoms with Crippen molar-refractivity contribution < 1.29 is 0 Å². The third-order valence-corrected chi connectivity index (χ3v) is 2.39. The standard InChI is InChI=1S/C11H15N3/c1-7(2)9-6-8-4-5-13-10(8)11(12-3)14-9/h4-7,13H,1-3H3,(H,12,14). The zero-order valence-corrected chi connectivity index (χ0v) is 8.76. The first-order valence-corrected chi connectivity index (χ1v) is 4.88. The van der Waals surface area contributed by atoms with Gasteiger partial charge in [-0.05, 0) is 18.1 Å². The minimum atomic E-state index is 0.460. The van der Waals surface area contributed by atoms with Crippen LogP contribution in [-0.2, 0) is 0 Å². The molecule has 2 N–H and O–H groups in total. The quantitative estimate of drug-likeness (QED) is 0.762. The van der Waals surface area contributed by atoms with Gasteiger partial charge in [0.25, 0.3) is 0 Å². The van der Waals surface area contributed by atoms with Crippen LogP contribution in [0, 0.1) is 0 Å². The van der Waals surface area contributed by atoms with Crippen LogP contribution in [0.15, 0.2) is 18.3 Å². The van der Waals surface area contributed by atoms with Crippen LogP contribution in [0.3, 0.4) is 0 Å². The number of nitrogens with one attached hydrogen (secondary N) is 2. The molecule has 0 aliphatic rings. The van der Waals surface area contributed by atoms with Gasteiger partial charge in [0.2, 0.25) is 0 Å². The highest BCUT2D eigenvalue weighted by atomic mass is 15.0. The summed E-state index contributed by atoms with van der Waals surface area (Å²) in [6, 6.07) is 4.21. The monoisotopic (exact) mass is 189 g/mol. The van der Waals surface area contributed by atoms with E-state index in [1.54, 1.807) is 0 Å². The average Bonchev–Trinajstić information content (AvgIpc) is 2.63. The highest BCUT2D eigenvalue weighted by molar-refractivity contribution is 5.89. The van der Waals surface area contributed by atoms with Crippen molar-refractivity contribution in [1.82, 2.24) is 9.97 Å². The van der Waals surface area contributed by atoms with Crippen molar-refractivity contribution in [3.8, 4) is 0 Å². The van der Waals surface area contributed by atoms with E-state index in [4.69, 9.17) is 0 Å². The second-order valence-corrected chi connectivity index (χ2v) is 3.74. The van der Waals surface area contributed by atoms with Crippen molar-refractivity contribution in [2.75, 3.05) is 12.4 Å². The highest BCUT2D eigenvalue weighted by Crippen LogP contribution is 2.24. The minimum absolute atomic E-state index is 0.460. The van der Waals surface area contributed by atoms with Gasteiger partial charge in [0.15, 0.2) is 0 Å². The summed E-state index contributed by atoms with van der Waals surface area (Å²) in [5.74, 6) is 1.39. The van der Waals surface area contributed by atoms with Crippen LogP contribution in [0.4, 0.5) is 5.82 Å². The van der Waals surface area contributed by atoms with Crippen molar-refractivity contribution >= 4 is 16.7 Å². The molecule has 0 saturated heterocycles. The first-order chi connectivity index (χ1) is 6.72. The predicted octanol–water partition coefficient (Wildman–Crippen LogP) is 2.73. The lowest BCUT2D eigenvalue weighted by molar-refractivity contribution is 0.827.